The van der Waals surface area contributed by atoms with Crippen LogP contribution in [-0.4, -0.2) is 35.3 Å². The van der Waals surface area contributed by atoms with Crippen LogP contribution >= 0.6 is 23.5 Å². The Bertz CT molecular complexity index is 1150. The highest BCUT2D eigenvalue weighted by atomic mass is 32.2. The van der Waals surface area contributed by atoms with Gasteiger partial charge in [-0.3, -0.25) is 14.8 Å². The average molecular weight is 381 g/mol. The highest BCUT2D eigenvalue weighted by Gasteiger charge is 2.55. The van der Waals surface area contributed by atoms with E-state index in [0.717, 1.165) is 56.6 Å². The molecule has 1 saturated heterocycles. The average Bonchev–Trinajstić information content (AvgIpc) is 3.19. The van der Waals surface area contributed by atoms with Crippen LogP contribution in [0.1, 0.15) is 18.4 Å². The third-order valence-electron chi connectivity index (χ3n) is 5.84. The zero-order chi connectivity index (χ0) is 17.6. The van der Waals surface area contributed by atoms with Crippen molar-refractivity contribution >= 4 is 52.5 Å². The number of nitrogens with one attached hydrogen (secondary N) is 1. The molecule has 26 heavy (non-hydrogen) atoms. The van der Waals surface area contributed by atoms with E-state index >= 15 is 0 Å². The number of aliphatic imine (C=N–C) groups is 1. The van der Waals surface area contributed by atoms with Crippen LogP contribution in [-0.2, 0) is 10.2 Å². The second kappa shape index (κ2) is 4.84. The fraction of sp³-hybridized carbons (Fsp3) is 0.316. The summed E-state index contributed by atoms with van der Waals surface area (Å²) in [5, 5.41) is 16.6. The smallest absolute Gasteiger partial charge is 0.180 e. The molecule has 1 aromatic carbocycles. The molecule has 0 amide bonds. The lowest BCUT2D eigenvalue weighted by atomic mass is 9.71. The summed E-state index contributed by atoms with van der Waals surface area (Å²) < 4.78 is 0. The Kier molecular flexibility index (Phi) is 2.81. The summed E-state index contributed by atoms with van der Waals surface area (Å²) in [6, 6.07) is 0. The quantitative estimate of drug-likeness (QED) is 0.729. The molecule has 6 rings (SSSR count). The number of anilines is 1. The molecule has 0 unspecified atom stereocenters. The predicted molar refractivity (Wildman–Crippen MR) is 106 cm³/mol. The number of phenolic OH excluding ortho intramolecular Hbond substituents is 1. The maximum Gasteiger partial charge on any atom is 0.180 e. The maximum absolute atomic E-state index is 12.2. The van der Waals surface area contributed by atoms with E-state index in [1.165, 1.54) is 0 Å². The van der Waals surface area contributed by atoms with Crippen LogP contribution in [0.25, 0.3) is 5.57 Å². The van der Waals surface area contributed by atoms with Gasteiger partial charge in [0, 0.05) is 33.4 Å². The van der Waals surface area contributed by atoms with Crippen LogP contribution in [0.15, 0.2) is 31.9 Å². The molecule has 1 aromatic rings. The highest BCUT2D eigenvalue weighted by molar-refractivity contribution is 8.05. The van der Waals surface area contributed by atoms with Gasteiger partial charge in [-0.05, 0) is 36.8 Å². The van der Waals surface area contributed by atoms with Crippen molar-refractivity contribution in [2.45, 2.75) is 23.6 Å². The van der Waals surface area contributed by atoms with Crippen LogP contribution in [0.3, 0.4) is 0 Å². The number of carbonyl (C=O) groups excluding carboxylic acids is 1. The van der Waals surface area contributed by atoms with E-state index in [0.29, 0.717) is 5.69 Å². The maximum atomic E-state index is 12.2. The number of thioether (sulfide) groups is 2. The molecule has 1 spiro atoms. The van der Waals surface area contributed by atoms with Crippen molar-refractivity contribution < 1.29 is 9.90 Å². The topological polar surface area (TPSA) is 74.0 Å². The van der Waals surface area contributed by atoms with Crippen molar-refractivity contribution in [1.82, 2.24) is 0 Å². The monoisotopic (exact) mass is 381 g/mol. The van der Waals surface area contributed by atoms with E-state index in [4.69, 9.17) is 4.99 Å². The molecule has 2 bridgehead atoms. The van der Waals surface area contributed by atoms with E-state index < -0.39 is 0 Å². The summed E-state index contributed by atoms with van der Waals surface area (Å²) in [6.07, 6.45) is 9.13. The molecule has 0 radical (unpaired) electrons. The number of rotatable bonds is 1. The normalized spacial score (nSPS) is 29.3. The van der Waals surface area contributed by atoms with E-state index in [1.807, 2.05) is 12.5 Å². The fourth-order valence-electron chi connectivity index (χ4n) is 4.84. The minimum Gasteiger partial charge on any atom is -0.504 e. The molecule has 130 valence electrons. The third kappa shape index (κ3) is 1.60. The molecule has 1 aliphatic carbocycles. The van der Waals surface area contributed by atoms with Crippen molar-refractivity contribution in [3.63, 3.8) is 0 Å². The molecule has 0 aromatic heterocycles. The van der Waals surface area contributed by atoms with Gasteiger partial charge in [-0.1, -0.05) is 0 Å². The number of hydrogen-bond donors (Lipinski definition) is 2. The summed E-state index contributed by atoms with van der Waals surface area (Å²) in [6.45, 7) is 0.730. The van der Waals surface area contributed by atoms with Crippen LogP contribution in [0.2, 0.25) is 0 Å². The van der Waals surface area contributed by atoms with Gasteiger partial charge < -0.3 is 10.4 Å². The third-order valence-corrected chi connectivity index (χ3v) is 8.04. The van der Waals surface area contributed by atoms with Crippen LogP contribution in [0.5, 0.6) is 5.75 Å². The van der Waals surface area contributed by atoms with Crippen molar-refractivity contribution in [2.24, 2.45) is 9.98 Å². The summed E-state index contributed by atoms with van der Waals surface area (Å²) in [7, 11) is 0. The number of nitrogens with zero attached hydrogens (tertiary/aromatic N) is 2. The molecule has 5 aliphatic rings. The lowest BCUT2D eigenvalue weighted by Gasteiger charge is -2.39. The molecular formula is C19H15N3O2S2. The Labute approximate surface area is 158 Å². The Balaban J connectivity index is 1.81. The van der Waals surface area contributed by atoms with Crippen molar-refractivity contribution in [3.8, 4) is 5.75 Å². The zero-order valence-electron chi connectivity index (χ0n) is 14.0. The van der Waals surface area contributed by atoms with Gasteiger partial charge in [0.1, 0.15) is 5.69 Å². The molecule has 2 atom stereocenters. The van der Waals surface area contributed by atoms with Crippen LogP contribution in [0, 0.1) is 0 Å². The largest absolute Gasteiger partial charge is 0.504 e. The summed E-state index contributed by atoms with van der Waals surface area (Å²) >= 11 is 3.32. The summed E-state index contributed by atoms with van der Waals surface area (Å²) in [5.74, 6) is 0.258. The Morgan fingerprint density at radius 3 is 3.15 bits per heavy atom. The SMILES string of the molecule is CSC1=CC(=O)C=C2S[C@H]3C[C@@]12c1c(c(O)c2c4c1=NCCC=4C=N2)N3. The molecule has 7 heteroatoms. The fourth-order valence-corrected chi connectivity index (χ4v) is 7.28. The molecule has 4 heterocycles. The first-order valence-corrected chi connectivity index (χ1v) is 10.7. The van der Waals surface area contributed by atoms with Crippen molar-refractivity contribution in [1.29, 1.82) is 0 Å². The lowest BCUT2D eigenvalue weighted by Crippen LogP contribution is -2.45. The minimum absolute atomic E-state index is 0.0446. The number of carbonyl (C=O) groups is 1. The van der Waals surface area contributed by atoms with Gasteiger partial charge in [-0.2, -0.15) is 0 Å². The van der Waals surface area contributed by atoms with Gasteiger partial charge in [0.2, 0.25) is 0 Å². The number of aromatic hydroxyl groups is 1. The van der Waals surface area contributed by atoms with E-state index in [1.54, 1.807) is 35.7 Å². The van der Waals surface area contributed by atoms with Gasteiger partial charge in [-0.15, -0.1) is 23.5 Å². The second-order valence-corrected chi connectivity index (χ2v) is 9.16. The Morgan fingerprint density at radius 2 is 2.31 bits per heavy atom. The molecule has 2 N–H and O–H groups in total. The van der Waals surface area contributed by atoms with Crippen molar-refractivity contribution in [3.05, 3.63) is 38.1 Å². The van der Waals surface area contributed by atoms with Crippen LogP contribution < -0.4 is 15.9 Å². The molecule has 4 aliphatic heterocycles. The number of phenols is 1. The first-order valence-electron chi connectivity index (χ1n) is 8.60. The Morgan fingerprint density at radius 1 is 1.42 bits per heavy atom. The molecule has 5 nitrogen and oxygen atoms in total. The first kappa shape index (κ1) is 15.1. The number of fused-ring (bicyclic) bond motifs is 3. The van der Waals surface area contributed by atoms with Gasteiger partial charge in [0.15, 0.2) is 11.5 Å². The zero-order valence-corrected chi connectivity index (χ0v) is 15.6. The summed E-state index contributed by atoms with van der Waals surface area (Å²) in [4.78, 5) is 23.7. The number of ketones is 1. The van der Waals surface area contributed by atoms with E-state index in [-0.39, 0.29) is 22.3 Å². The number of benzene rings is 1. The first-order chi connectivity index (χ1) is 12.6. The molecule has 1 fully saturated rings. The minimum atomic E-state index is -0.375. The second-order valence-electron chi connectivity index (χ2n) is 7.07. The van der Waals surface area contributed by atoms with Crippen LogP contribution in [0.4, 0.5) is 11.4 Å². The number of hydrogen-bond acceptors (Lipinski definition) is 7. The standard InChI is InChI=1S/C19H15N3O2S2/c1-25-10-4-9(23)5-11-19(10)6-12(26-11)22-17-14(19)15-13-8(2-3-20-15)7-21-16(13)18(17)24/h4-5,7,12,22,24H,2-3,6H2,1H3/t12-,19+/m0/s1. The lowest BCUT2D eigenvalue weighted by molar-refractivity contribution is -0.110. The highest BCUT2D eigenvalue weighted by Crippen LogP contribution is 2.64. The summed E-state index contributed by atoms with van der Waals surface area (Å²) in [5.41, 5.74) is 3.18. The van der Waals surface area contributed by atoms with E-state index in [2.05, 4.69) is 10.3 Å². The van der Waals surface area contributed by atoms with Gasteiger partial charge in [0.25, 0.3) is 0 Å². The molecule has 0 saturated carbocycles. The van der Waals surface area contributed by atoms with Gasteiger partial charge in [-0.25, -0.2) is 0 Å². The van der Waals surface area contributed by atoms with E-state index in [9.17, 15) is 9.90 Å². The predicted octanol–water partition coefficient (Wildman–Crippen LogP) is 2.12. The van der Waals surface area contributed by atoms with Gasteiger partial charge in [0.05, 0.1) is 21.8 Å². The Hall–Kier alpha value is -1.99. The van der Waals surface area contributed by atoms with Crippen molar-refractivity contribution in [2.75, 3.05) is 18.1 Å². The van der Waals surface area contributed by atoms with Gasteiger partial charge >= 0.3 is 0 Å². The number of allylic oxidation sites excluding steroid dienone is 4. The molecular weight excluding hydrogens is 366 g/mol.